The number of anilines is 2. The average Bonchev–Trinajstić information content (AvgIpc) is 2.75. The molecule has 6 heteroatoms. The monoisotopic (exact) mass is 400 g/mol. The van der Waals surface area contributed by atoms with E-state index in [9.17, 15) is 4.79 Å². The molecule has 0 fully saturated rings. The van der Waals surface area contributed by atoms with Crippen LogP contribution in [0.1, 0.15) is 39.0 Å². The molecule has 0 spiro atoms. The predicted octanol–water partition coefficient (Wildman–Crippen LogP) is 5.10. The third-order valence-corrected chi connectivity index (χ3v) is 4.48. The molecule has 2 rings (SSSR count). The number of amides is 1. The number of unbranched alkanes of at least 4 members (excludes halogenated alkanes) is 4. The minimum atomic E-state index is -0.182. The molecule has 2 N–H and O–H groups in total. The van der Waals surface area contributed by atoms with E-state index in [0.717, 1.165) is 17.9 Å². The minimum Gasteiger partial charge on any atom is -0.497 e. The van der Waals surface area contributed by atoms with Crippen LogP contribution in [0.2, 0.25) is 0 Å². The number of hydrogen-bond acceptors (Lipinski definition) is 5. The maximum atomic E-state index is 12.3. The number of methoxy groups -OCH3 is 2. The van der Waals surface area contributed by atoms with Gasteiger partial charge in [-0.2, -0.15) is 0 Å². The molecule has 158 valence electrons. The highest BCUT2D eigenvalue weighted by atomic mass is 16.5. The summed E-state index contributed by atoms with van der Waals surface area (Å²) in [6.45, 7) is 3.05. The van der Waals surface area contributed by atoms with Gasteiger partial charge in [0, 0.05) is 17.8 Å². The smallest absolute Gasteiger partial charge is 0.243 e. The molecule has 0 aromatic heterocycles. The molecule has 0 aliphatic rings. The molecule has 0 atom stereocenters. The van der Waals surface area contributed by atoms with Gasteiger partial charge in [0.2, 0.25) is 5.91 Å². The van der Waals surface area contributed by atoms with Crippen LogP contribution in [0.3, 0.4) is 0 Å². The van der Waals surface area contributed by atoms with Gasteiger partial charge in [0.05, 0.1) is 33.1 Å². The Bertz CT molecular complexity index is 764. The summed E-state index contributed by atoms with van der Waals surface area (Å²) < 4.78 is 16.3. The third-order valence-electron chi connectivity index (χ3n) is 4.48. The van der Waals surface area contributed by atoms with Gasteiger partial charge in [-0.25, -0.2) is 0 Å². The summed E-state index contributed by atoms with van der Waals surface area (Å²) in [5.74, 6) is 1.85. The lowest BCUT2D eigenvalue weighted by Gasteiger charge is -2.13. The van der Waals surface area contributed by atoms with Gasteiger partial charge < -0.3 is 24.8 Å². The van der Waals surface area contributed by atoms with Crippen molar-refractivity contribution in [1.82, 2.24) is 0 Å². The number of carbonyl (C=O) groups excluding carboxylic acids is 1. The molecule has 2 aromatic rings. The van der Waals surface area contributed by atoms with Crippen molar-refractivity contribution in [3.8, 4) is 17.2 Å². The van der Waals surface area contributed by atoms with E-state index in [-0.39, 0.29) is 12.5 Å². The topological polar surface area (TPSA) is 68.8 Å². The van der Waals surface area contributed by atoms with E-state index >= 15 is 0 Å². The van der Waals surface area contributed by atoms with Crippen LogP contribution in [-0.2, 0) is 4.79 Å². The van der Waals surface area contributed by atoms with Crippen molar-refractivity contribution in [3.63, 3.8) is 0 Å². The third kappa shape index (κ3) is 7.94. The summed E-state index contributed by atoms with van der Waals surface area (Å²) in [4.78, 5) is 12.3. The van der Waals surface area contributed by atoms with Gasteiger partial charge in [-0.1, -0.05) is 38.7 Å². The Morgan fingerprint density at radius 3 is 2.52 bits per heavy atom. The standard InChI is InChI=1S/C23H32N2O4/c1-4-5-6-7-8-14-29-20-11-9-10-18(15-20)24-17-23(26)25-21-16-19(27-2)12-13-22(21)28-3/h9-13,15-16,24H,4-8,14,17H2,1-3H3,(H,25,26). The van der Waals surface area contributed by atoms with E-state index in [1.165, 1.54) is 25.7 Å². The summed E-state index contributed by atoms with van der Waals surface area (Å²) >= 11 is 0. The first-order chi connectivity index (χ1) is 14.2. The Hall–Kier alpha value is -2.89. The first kappa shape index (κ1) is 22.4. The Labute approximate surface area is 173 Å². The highest BCUT2D eigenvalue weighted by molar-refractivity contribution is 5.95. The lowest BCUT2D eigenvalue weighted by atomic mass is 10.2. The first-order valence-corrected chi connectivity index (χ1v) is 10.1. The average molecular weight is 401 g/mol. The van der Waals surface area contributed by atoms with Crippen LogP contribution in [-0.4, -0.2) is 33.3 Å². The molecule has 0 saturated carbocycles. The van der Waals surface area contributed by atoms with E-state index in [4.69, 9.17) is 14.2 Å². The summed E-state index contributed by atoms with van der Waals surface area (Å²) in [6.07, 6.45) is 6.03. The Balaban J connectivity index is 1.81. The molecule has 0 aliphatic carbocycles. The second-order valence-electron chi connectivity index (χ2n) is 6.76. The number of nitrogens with one attached hydrogen (secondary N) is 2. The van der Waals surface area contributed by atoms with E-state index < -0.39 is 0 Å². The van der Waals surface area contributed by atoms with Gasteiger partial charge in [0.1, 0.15) is 17.2 Å². The van der Waals surface area contributed by atoms with Gasteiger partial charge in [0.15, 0.2) is 0 Å². The quantitative estimate of drug-likeness (QED) is 0.458. The van der Waals surface area contributed by atoms with Crippen LogP contribution in [0.25, 0.3) is 0 Å². The van der Waals surface area contributed by atoms with Crippen molar-refractivity contribution in [1.29, 1.82) is 0 Å². The van der Waals surface area contributed by atoms with Crippen LogP contribution in [0.15, 0.2) is 42.5 Å². The maximum absolute atomic E-state index is 12.3. The van der Waals surface area contributed by atoms with Crippen LogP contribution in [0.4, 0.5) is 11.4 Å². The van der Waals surface area contributed by atoms with Crippen molar-refractivity contribution in [3.05, 3.63) is 42.5 Å². The van der Waals surface area contributed by atoms with E-state index in [0.29, 0.717) is 23.8 Å². The van der Waals surface area contributed by atoms with E-state index in [2.05, 4.69) is 17.6 Å². The van der Waals surface area contributed by atoms with Gasteiger partial charge >= 0.3 is 0 Å². The van der Waals surface area contributed by atoms with E-state index in [1.54, 1.807) is 32.4 Å². The lowest BCUT2D eigenvalue weighted by Crippen LogP contribution is -2.22. The molecule has 0 heterocycles. The summed E-state index contributed by atoms with van der Waals surface area (Å²) in [6, 6.07) is 12.9. The lowest BCUT2D eigenvalue weighted by molar-refractivity contribution is -0.114. The molecular formula is C23H32N2O4. The molecule has 0 bridgehead atoms. The molecular weight excluding hydrogens is 368 g/mol. The zero-order chi connectivity index (χ0) is 20.9. The fourth-order valence-corrected chi connectivity index (χ4v) is 2.88. The normalized spacial score (nSPS) is 10.3. The number of carbonyl (C=O) groups is 1. The van der Waals surface area contributed by atoms with Gasteiger partial charge in [0.25, 0.3) is 0 Å². The van der Waals surface area contributed by atoms with Crippen molar-refractivity contribution in [2.24, 2.45) is 0 Å². The fourth-order valence-electron chi connectivity index (χ4n) is 2.88. The maximum Gasteiger partial charge on any atom is 0.243 e. The zero-order valence-electron chi connectivity index (χ0n) is 17.6. The van der Waals surface area contributed by atoms with Crippen molar-refractivity contribution in [2.75, 3.05) is 38.0 Å². The van der Waals surface area contributed by atoms with Crippen LogP contribution < -0.4 is 24.8 Å². The number of ether oxygens (including phenoxy) is 3. The molecule has 29 heavy (non-hydrogen) atoms. The van der Waals surface area contributed by atoms with Crippen molar-refractivity contribution < 1.29 is 19.0 Å². The number of benzene rings is 2. The van der Waals surface area contributed by atoms with Crippen molar-refractivity contribution in [2.45, 2.75) is 39.0 Å². The van der Waals surface area contributed by atoms with Crippen LogP contribution >= 0.6 is 0 Å². The van der Waals surface area contributed by atoms with Crippen LogP contribution in [0, 0.1) is 0 Å². The fraction of sp³-hybridized carbons (Fsp3) is 0.435. The molecule has 0 saturated heterocycles. The molecule has 1 amide bonds. The summed E-state index contributed by atoms with van der Waals surface area (Å²) in [5.41, 5.74) is 1.40. The van der Waals surface area contributed by atoms with Crippen LogP contribution in [0.5, 0.6) is 17.2 Å². The Kier molecular flexibility index (Phi) is 9.69. The number of rotatable bonds is 13. The first-order valence-electron chi connectivity index (χ1n) is 10.1. The summed E-state index contributed by atoms with van der Waals surface area (Å²) in [7, 11) is 3.14. The van der Waals surface area contributed by atoms with E-state index in [1.807, 2.05) is 24.3 Å². The summed E-state index contributed by atoms with van der Waals surface area (Å²) in [5, 5.41) is 5.97. The Morgan fingerprint density at radius 1 is 0.931 bits per heavy atom. The second kappa shape index (κ2) is 12.5. The molecule has 0 radical (unpaired) electrons. The predicted molar refractivity (Wildman–Crippen MR) is 117 cm³/mol. The van der Waals surface area contributed by atoms with Gasteiger partial charge in [-0.05, 0) is 30.7 Å². The van der Waals surface area contributed by atoms with Gasteiger partial charge in [-0.15, -0.1) is 0 Å². The highest BCUT2D eigenvalue weighted by Crippen LogP contribution is 2.28. The minimum absolute atomic E-state index is 0.126. The molecule has 6 nitrogen and oxygen atoms in total. The van der Waals surface area contributed by atoms with Crippen molar-refractivity contribution >= 4 is 17.3 Å². The second-order valence-corrected chi connectivity index (χ2v) is 6.76. The van der Waals surface area contributed by atoms with Gasteiger partial charge in [-0.3, -0.25) is 4.79 Å². The Morgan fingerprint density at radius 2 is 1.76 bits per heavy atom. The zero-order valence-corrected chi connectivity index (χ0v) is 17.6. The molecule has 0 aliphatic heterocycles. The highest BCUT2D eigenvalue weighted by Gasteiger charge is 2.09. The SMILES string of the molecule is CCCCCCCOc1cccc(NCC(=O)Nc2cc(OC)ccc2OC)c1. The largest absolute Gasteiger partial charge is 0.497 e. The molecule has 2 aromatic carbocycles. The number of hydrogen-bond donors (Lipinski definition) is 2. The molecule has 0 unspecified atom stereocenters.